The number of aromatic nitrogens is 3. The van der Waals surface area contributed by atoms with Gasteiger partial charge in [0.15, 0.2) is 5.52 Å². The first-order valence-corrected chi connectivity index (χ1v) is 10.7. The Hall–Kier alpha value is -2.44. The fraction of sp³-hybridized carbons (Fsp3) is 0.304. The molecule has 0 atom stereocenters. The Morgan fingerprint density at radius 3 is 2.69 bits per heavy atom. The molecule has 2 aromatic heterocycles. The van der Waals surface area contributed by atoms with E-state index in [1.165, 1.54) is 30.3 Å². The zero-order valence-corrected chi connectivity index (χ0v) is 17.9. The maximum atomic E-state index is 6.05. The van der Waals surface area contributed by atoms with E-state index in [2.05, 4.69) is 50.8 Å². The van der Waals surface area contributed by atoms with Gasteiger partial charge in [0.1, 0.15) is 19.5 Å². The molecule has 1 aliphatic carbocycles. The standard InChI is InChI=1S/C23H23BrN3O2/c1-28-26-13-20-23(19-11-10-17(24)12-21(19)26)27(18-8-5-9-18)22(25-20)15-29-14-16-6-3-2-4-7-16/h2-4,6-7,10-13,18H,5,8-9,14-15H2,1H3/q+1. The van der Waals surface area contributed by atoms with Crippen LogP contribution in [-0.4, -0.2) is 16.7 Å². The zero-order chi connectivity index (χ0) is 19.8. The molecule has 0 spiro atoms. The largest absolute Gasteiger partial charge is 0.369 e. The molecule has 5 nitrogen and oxygen atoms in total. The van der Waals surface area contributed by atoms with Crippen LogP contribution in [0.1, 0.15) is 36.7 Å². The third-order valence-corrected chi connectivity index (χ3v) is 6.18. The number of hydrogen-bond acceptors (Lipinski definition) is 3. The van der Waals surface area contributed by atoms with Gasteiger partial charge in [-0.1, -0.05) is 46.3 Å². The van der Waals surface area contributed by atoms with Crippen LogP contribution in [0.3, 0.4) is 0 Å². The Labute approximate surface area is 178 Å². The lowest BCUT2D eigenvalue weighted by Crippen LogP contribution is -2.40. The van der Waals surface area contributed by atoms with E-state index in [1.54, 1.807) is 11.8 Å². The van der Waals surface area contributed by atoms with Gasteiger partial charge in [0.2, 0.25) is 0 Å². The Kier molecular flexibility index (Phi) is 4.97. The molecule has 0 saturated heterocycles. The van der Waals surface area contributed by atoms with Gasteiger partial charge in [-0.05, 0) is 37.0 Å². The molecule has 1 aliphatic rings. The summed E-state index contributed by atoms with van der Waals surface area (Å²) in [6.07, 6.45) is 5.62. The lowest BCUT2D eigenvalue weighted by molar-refractivity contribution is -0.864. The van der Waals surface area contributed by atoms with Gasteiger partial charge in [-0.15, -0.1) is 0 Å². The molecule has 0 radical (unpaired) electrons. The Morgan fingerprint density at radius 1 is 1.14 bits per heavy atom. The van der Waals surface area contributed by atoms with Crippen molar-refractivity contribution < 1.29 is 14.3 Å². The second kappa shape index (κ2) is 7.76. The van der Waals surface area contributed by atoms with Gasteiger partial charge in [-0.25, -0.2) is 4.98 Å². The first-order valence-electron chi connectivity index (χ1n) is 9.95. The molecule has 148 valence electrons. The zero-order valence-electron chi connectivity index (χ0n) is 16.3. The van der Waals surface area contributed by atoms with E-state index in [1.807, 2.05) is 24.4 Å². The molecule has 0 aliphatic heterocycles. The quantitative estimate of drug-likeness (QED) is 0.396. The third-order valence-electron chi connectivity index (χ3n) is 5.68. The molecule has 2 heterocycles. The van der Waals surface area contributed by atoms with Crippen LogP contribution in [0.4, 0.5) is 0 Å². The van der Waals surface area contributed by atoms with Crippen molar-refractivity contribution in [3.63, 3.8) is 0 Å². The highest BCUT2D eigenvalue weighted by atomic mass is 79.9. The average Bonchev–Trinajstić information content (AvgIpc) is 3.05. The molecule has 1 saturated carbocycles. The summed E-state index contributed by atoms with van der Waals surface area (Å²) in [6, 6.07) is 17.1. The predicted octanol–water partition coefficient (Wildman–Crippen LogP) is 4.74. The smallest absolute Gasteiger partial charge is 0.268 e. The normalized spacial score (nSPS) is 14.4. The fourth-order valence-corrected chi connectivity index (χ4v) is 4.40. The number of halogens is 1. The summed E-state index contributed by atoms with van der Waals surface area (Å²) in [5.41, 5.74) is 4.30. The summed E-state index contributed by atoms with van der Waals surface area (Å²) in [5, 5.41) is 1.14. The maximum Gasteiger partial charge on any atom is 0.268 e. The van der Waals surface area contributed by atoms with Crippen LogP contribution in [0.5, 0.6) is 0 Å². The molecule has 29 heavy (non-hydrogen) atoms. The van der Waals surface area contributed by atoms with Crippen molar-refractivity contribution in [2.75, 3.05) is 7.11 Å². The van der Waals surface area contributed by atoms with Gasteiger partial charge in [0.05, 0.1) is 17.5 Å². The fourth-order valence-electron chi connectivity index (χ4n) is 4.05. The number of rotatable bonds is 6. The van der Waals surface area contributed by atoms with Crippen molar-refractivity contribution in [2.24, 2.45) is 0 Å². The maximum absolute atomic E-state index is 6.05. The van der Waals surface area contributed by atoms with Gasteiger partial charge in [-0.3, -0.25) is 4.84 Å². The van der Waals surface area contributed by atoms with Gasteiger partial charge < -0.3 is 9.30 Å². The molecule has 2 aromatic carbocycles. The van der Waals surface area contributed by atoms with E-state index in [-0.39, 0.29) is 0 Å². The van der Waals surface area contributed by atoms with E-state index >= 15 is 0 Å². The Morgan fingerprint density at radius 2 is 1.97 bits per heavy atom. The number of benzene rings is 2. The summed E-state index contributed by atoms with van der Waals surface area (Å²) in [4.78, 5) is 10.5. The van der Waals surface area contributed by atoms with Gasteiger partial charge in [-0.2, -0.15) is 0 Å². The van der Waals surface area contributed by atoms with Crippen LogP contribution < -0.4 is 9.57 Å². The molecule has 0 unspecified atom stereocenters. The van der Waals surface area contributed by atoms with E-state index in [0.717, 1.165) is 26.7 Å². The number of nitrogens with zero attached hydrogens (tertiary/aromatic N) is 3. The third kappa shape index (κ3) is 3.40. The monoisotopic (exact) mass is 452 g/mol. The molecule has 0 bridgehead atoms. The molecule has 4 aromatic rings. The number of fused-ring (bicyclic) bond motifs is 3. The van der Waals surface area contributed by atoms with Crippen LogP contribution in [0.2, 0.25) is 0 Å². The minimum Gasteiger partial charge on any atom is -0.369 e. The van der Waals surface area contributed by atoms with Crippen molar-refractivity contribution in [2.45, 2.75) is 38.5 Å². The van der Waals surface area contributed by atoms with Gasteiger partial charge in [0.25, 0.3) is 11.7 Å². The van der Waals surface area contributed by atoms with E-state index in [9.17, 15) is 0 Å². The van der Waals surface area contributed by atoms with Crippen LogP contribution in [0, 0.1) is 0 Å². The summed E-state index contributed by atoms with van der Waals surface area (Å²) < 4.78 is 11.3. The van der Waals surface area contributed by atoms with Crippen molar-refractivity contribution in [1.82, 2.24) is 9.55 Å². The topological polar surface area (TPSA) is 40.2 Å². The van der Waals surface area contributed by atoms with Gasteiger partial charge >= 0.3 is 0 Å². The van der Waals surface area contributed by atoms with Crippen molar-refractivity contribution in [1.29, 1.82) is 0 Å². The summed E-state index contributed by atoms with van der Waals surface area (Å²) >= 11 is 3.58. The summed E-state index contributed by atoms with van der Waals surface area (Å²) in [7, 11) is 1.68. The average molecular weight is 453 g/mol. The van der Waals surface area contributed by atoms with E-state index in [4.69, 9.17) is 14.6 Å². The van der Waals surface area contributed by atoms with Crippen LogP contribution >= 0.6 is 15.9 Å². The lowest BCUT2D eigenvalue weighted by atomic mass is 9.92. The summed E-state index contributed by atoms with van der Waals surface area (Å²) in [6.45, 7) is 1.07. The van der Waals surface area contributed by atoms with Crippen molar-refractivity contribution in [3.8, 4) is 0 Å². The Balaban J connectivity index is 1.59. The van der Waals surface area contributed by atoms with Crippen LogP contribution in [0.15, 0.2) is 59.2 Å². The first kappa shape index (κ1) is 18.6. The van der Waals surface area contributed by atoms with Crippen LogP contribution in [0.25, 0.3) is 21.9 Å². The molecule has 0 amide bonds. The second-order valence-electron chi connectivity index (χ2n) is 7.49. The number of pyridine rings is 1. The minimum absolute atomic E-state index is 0.487. The molecule has 1 fully saturated rings. The SMILES string of the molecule is CO[n+]1cc2nc(COCc3ccccc3)n(C3CCC3)c2c2ccc(Br)cc21. The highest BCUT2D eigenvalue weighted by Crippen LogP contribution is 2.37. The predicted molar refractivity (Wildman–Crippen MR) is 115 cm³/mol. The Bertz CT molecular complexity index is 1170. The number of imidazole rings is 1. The number of ether oxygens (including phenoxy) is 1. The lowest BCUT2D eigenvalue weighted by Gasteiger charge is -2.29. The van der Waals surface area contributed by atoms with Gasteiger partial charge in [0, 0.05) is 21.3 Å². The highest BCUT2D eigenvalue weighted by Gasteiger charge is 2.28. The molecule has 0 N–H and O–H groups in total. The molecule has 6 heteroatoms. The molecular formula is C23H23BrN3O2+. The first-order chi connectivity index (χ1) is 14.2. The van der Waals surface area contributed by atoms with Crippen molar-refractivity contribution >= 4 is 37.9 Å². The van der Waals surface area contributed by atoms with Crippen molar-refractivity contribution in [3.05, 3.63) is 70.6 Å². The molecular weight excluding hydrogens is 430 g/mol. The highest BCUT2D eigenvalue weighted by molar-refractivity contribution is 9.10. The van der Waals surface area contributed by atoms with Crippen LogP contribution in [-0.2, 0) is 18.0 Å². The van der Waals surface area contributed by atoms with E-state index < -0.39 is 0 Å². The number of hydrogen-bond donors (Lipinski definition) is 0. The minimum atomic E-state index is 0.487. The molecule has 5 rings (SSSR count). The second-order valence-corrected chi connectivity index (χ2v) is 8.41. The summed E-state index contributed by atoms with van der Waals surface area (Å²) in [5.74, 6) is 0.985. The van der Waals surface area contributed by atoms with E-state index in [0.29, 0.717) is 19.3 Å².